The molecule has 0 unspecified atom stereocenters. The Morgan fingerprint density at radius 1 is 0.929 bits per heavy atom. The number of rotatable bonds is 0. The third kappa shape index (κ3) is 6.71. The molecular formula is C10H24N4. The maximum Gasteiger partial charge on any atom is 0.192 e. The summed E-state index contributed by atoms with van der Waals surface area (Å²) in [6, 6.07) is 0. The average Bonchev–Trinajstić information content (AvgIpc) is 2.20. The van der Waals surface area contributed by atoms with Crippen molar-refractivity contribution in [2.45, 2.75) is 19.3 Å². The second-order valence-electron chi connectivity index (χ2n) is 3.92. The number of hydrogen-bond acceptors (Lipinski definition) is 2. The summed E-state index contributed by atoms with van der Waals surface area (Å²) in [4.78, 5) is 3.50. The summed E-state index contributed by atoms with van der Waals surface area (Å²) in [6.45, 7) is 2.50. The van der Waals surface area contributed by atoms with Gasteiger partial charge in [0.25, 0.3) is 0 Å². The smallest absolute Gasteiger partial charge is 0.192 e. The van der Waals surface area contributed by atoms with E-state index < -0.39 is 0 Å². The lowest BCUT2D eigenvalue weighted by atomic mass is 10.2. The number of hydrogen-bond donors (Lipinski definition) is 2. The summed E-state index contributed by atoms with van der Waals surface area (Å²) in [7, 11) is 7.40. The second-order valence-corrected chi connectivity index (χ2v) is 3.92. The molecule has 1 fully saturated rings. The fourth-order valence-corrected chi connectivity index (χ4v) is 1.20. The molecule has 0 aromatic rings. The molecule has 0 aliphatic carbocycles. The lowest BCUT2D eigenvalue weighted by molar-refractivity contribution is 0.478. The molecule has 14 heavy (non-hydrogen) atoms. The summed E-state index contributed by atoms with van der Waals surface area (Å²) in [5.74, 6) is 0.519. The molecule has 1 aliphatic heterocycles. The van der Waals surface area contributed by atoms with Gasteiger partial charge in [-0.3, -0.25) is 5.41 Å². The Morgan fingerprint density at radius 2 is 1.36 bits per heavy atom. The van der Waals surface area contributed by atoms with Crippen molar-refractivity contribution in [3.63, 3.8) is 0 Å². The molecule has 0 atom stereocenters. The topological polar surface area (TPSA) is 42.4 Å². The van der Waals surface area contributed by atoms with Crippen LogP contribution in [0, 0.1) is 5.41 Å². The summed E-state index contributed by atoms with van der Waals surface area (Å²) in [5, 5.41) is 10.5. The highest BCUT2D eigenvalue weighted by molar-refractivity contribution is 5.75. The van der Waals surface area contributed by atoms with Crippen LogP contribution in [-0.4, -0.2) is 57.0 Å². The Hall–Kier alpha value is -0.770. The molecule has 1 heterocycles. The zero-order valence-electron chi connectivity index (χ0n) is 9.93. The summed E-state index contributed by atoms with van der Waals surface area (Å²) in [6.07, 6.45) is 4.22. The van der Waals surface area contributed by atoms with Gasteiger partial charge in [0.2, 0.25) is 0 Å². The molecule has 1 rings (SSSR count). The molecule has 1 saturated heterocycles. The van der Waals surface area contributed by atoms with Crippen LogP contribution in [0.2, 0.25) is 0 Å². The molecule has 0 spiro atoms. The van der Waals surface area contributed by atoms with Crippen molar-refractivity contribution in [3.8, 4) is 0 Å². The van der Waals surface area contributed by atoms with E-state index in [9.17, 15) is 0 Å². The van der Waals surface area contributed by atoms with E-state index in [1.165, 1.54) is 32.4 Å². The fourth-order valence-electron chi connectivity index (χ4n) is 1.20. The van der Waals surface area contributed by atoms with Gasteiger partial charge in [-0.05, 0) is 25.9 Å². The van der Waals surface area contributed by atoms with Crippen LogP contribution in [0.3, 0.4) is 0 Å². The van der Waals surface area contributed by atoms with E-state index >= 15 is 0 Å². The molecule has 0 aromatic carbocycles. The van der Waals surface area contributed by atoms with Gasteiger partial charge in [-0.25, -0.2) is 0 Å². The first-order valence-electron chi connectivity index (χ1n) is 5.19. The fraction of sp³-hybridized carbons (Fsp3) is 0.900. The van der Waals surface area contributed by atoms with Crippen molar-refractivity contribution >= 4 is 5.96 Å². The Balaban J connectivity index is 0.000000249. The summed E-state index contributed by atoms with van der Waals surface area (Å²) >= 11 is 0. The van der Waals surface area contributed by atoms with Crippen molar-refractivity contribution in [3.05, 3.63) is 0 Å². The standard InChI is InChI=1S/C5H13N3.C5H11N/c1-7(2)5(6)8(3)4;1-2-4-6-5-3-1/h6H,1-4H3;6H,1-5H2. The normalized spacial score (nSPS) is 15.1. The monoisotopic (exact) mass is 200 g/mol. The first kappa shape index (κ1) is 13.2. The van der Waals surface area contributed by atoms with Gasteiger partial charge in [0.15, 0.2) is 5.96 Å². The first-order chi connectivity index (χ1) is 6.55. The van der Waals surface area contributed by atoms with Gasteiger partial charge in [-0.1, -0.05) is 6.42 Å². The van der Waals surface area contributed by atoms with E-state index in [2.05, 4.69) is 5.32 Å². The SMILES string of the molecule is C1CCNCC1.CN(C)C(=N)N(C)C. The first-order valence-corrected chi connectivity index (χ1v) is 5.19. The van der Waals surface area contributed by atoms with Gasteiger partial charge in [0.05, 0.1) is 0 Å². The molecule has 0 saturated carbocycles. The average molecular weight is 200 g/mol. The Kier molecular flexibility index (Phi) is 7.20. The summed E-state index contributed by atoms with van der Waals surface area (Å²) < 4.78 is 0. The minimum atomic E-state index is 0.519. The third-order valence-electron chi connectivity index (χ3n) is 2.05. The molecule has 1 aliphatic rings. The predicted molar refractivity (Wildman–Crippen MR) is 61.8 cm³/mol. The van der Waals surface area contributed by atoms with Crippen molar-refractivity contribution < 1.29 is 0 Å². The van der Waals surface area contributed by atoms with Crippen LogP contribution in [0.15, 0.2) is 0 Å². The highest BCUT2D eigenvalue weighted by Crippen LogP contribution is 1.96. The van der Waals surface area contributed by atoms with Crippen LogP contribution in [-0.2, 0) is 0 Å². The van der Waals surface area contributed by atoms with E-state index in [-0.39, 0.29) is 0 Å². The van der Waals surface area contributed by atoms with E-state index in [1.54, 1.807) is 9.80 Å². The number of nitrogens with zero attached hydrogens (tertiary/aromatic N) is 2. The molecule has 0 aromatic heterocycles. The zero-order valence-corrected chi connectivity index (χ0v) is 9.93. The largest absolute Gasteiger partial charge is 0.349 e. The van der Waals surface area contributed by atoms with Crippen molar-refractivity contribution in [1.82, 2.24) is 15.1 Å². The minimum Gasteiger partial charge on any atom is -0.349 e. The molecule has 0 bridgehead atoms. The van der Waals surface area contributed by atoms with Gasteiger partial charge in [-0.2, -0.15) is 0 Å². The van der Waals surface area contributed by atoms with Crippen LogP contribution in [0.4, 0.5) is 0 Å². The van der Waals surface area contributed by atoms with Crippen LogP contribution >= 0.6 is 0 Å². The molecule has 4 nitrogen and oxygen atoms in total. The number of piperidine rings is 1. The Bertz CT molecular complexity index is 129. The van der Waals surface area contributed by atoms with Crippen LogP contribution in [0.5, 0.6) is 0 Å². The molecule has 2 N–H and O–H groups in total. The summed E-state index contributed by atoms with van der Waals surface area (Å²) in [5.41, 5.74) is 0. The zero-order chi connectivity index (χ0) is 11.0. The lowest BCUT2D eigenvalue weighted by Crippen LogP contribution is -2.34. The van der Waals surface area contributed by atoms with Crippen molar-refractivity contribution in [2.75, 3.05) is 41.3 Å². The highest BCUT2D eigenvalue weighted by atomic mass is 15.3. The number of nitrogens with one attached hydrogen (secondary N) is 2. The quantitative estimate of drug-likeness (QED) is 0.449. The van der Waals surface area contributed by atoms with Gasteiger partial charge in [0, 0.05) is 28.2 Å². The van der Waals surface area contributed by atoms with Crippen molar-refractivity contribution in [2.24, 2.45) is 0 Å². The minimum absolute atomic E-state index is 0.519. The molecular weight excluding hydrogens is 176 g/mol. The van der Waals surface area contributed by atoms with Gasteiger partial charge >= 0.3 is 0 Å². The van der Waals surface area contributed by atoms with E-state index in [0.29, 0.717) is 5.96 Å². The second kappa shape index (κ2) is 7.62. The molecule has 4 heteroatoms. The van der Waals surface area contributed by atoms with Gasteiger partial charge < -0.3 is 15.1 Å². The number of guanidine groups is 1. The van der Waals surface area contributed by atoms with Crippen LogP contribution in [0.25, 0.3) is 0 Å². The van der Waals surface area contributed by atoms with E-state index in [4.69, 9.17) is 5.41 Å². The predicted octanol–water partition coefficient (Wildman–Crippen LogP) is 0.804. The van der Waals surface area contributed by atoms with E-state index in [1.807, 2.05) is 28.2 Å². The van der Waals surface area contributed by atoms with Crippen molar-refractivity contribution in [1.29, 1.82) is 5.41 Å². The lowest BCUT2D eigenvalue weighted by Gasteiger charge is -2.19. The maximum atomic E-state index is 7.25. The highest BCUT2D eigenvalue weighted by Gasteiger charge is 1.97. The molecule has 0 amide bonds. The van der Waals surface area contributed by atoms with Gasteiger partial charge in [0.1, 0.15) is 0 Å². The van der Waals surface area contributed by atoms with Gasteiger partial charge in [-0.15, -0.1) is 0 Å². The Morgan fingerprint density at radius 3 is 1.43 bits per heavy atom. The molecule has 84 valence electrons. The maximum absolute atomic E-state index is 7.25. The molecule has 0 radical (unpaired) electrons. The van der Waals surface area contributed by atoms with Crippen LogP contribution in [0.1, 0.15) is 19.3 Å². The van der Waals surface area contributed by atoms with E-state index in [0.717, 1.165) is 0 Å². The Labute approximate surface area is 87.8 Å². The van der Waals surface area contributed by atoms with Crippen LogP contribution < -0.4 is 5.32 Å². The third-order valence-corrected chi connectivity index (χ3v) is 2.05.